The van der Waals surface area contributed by atoms with Crippen LogP contribution in [0, 0.1) is 0 Å². The highest BCUT2D eigenvalue weighted by Crippen LogP contribution is 2.27. The van der Waals surface area contributed by atoms with Crippen LogP contribution in [-0.4, -0.2) is 55.0 Å². The molecule has 0 radical (unpaired) electrons. The molecule has 29 heavy (non-hydrogen) atoms. The molecule has 3 aromatic rings. The number of nitrogens with one attached hydrogen (secondary N) is 1. The fraction of sp³-hybridized carbons (Fsp3) is 0.263. The van der Waals surface area contributed by atoms with E-state index in [4.69, 9.17) is 19.0 Å². The molecule has 0 aliphatic rings. The Morgan fingerprint density at radius 2 is 1.83 bits per heavy atom. The summed E-state index contributed by atoms with van der Waals surface area (Å²) in [5.74, 6) is 0.334. The summed E-state index contributed by atoms with van der Waals surface area (Å²) in [7, 11) is 4.39. The topological polar surface area (TPSA) is 114 Å². The van der Waals surface area contributed by atoms with Gasteiger partial charge in [0.2, 0.25) is 0 Å². The largest absolute Gasteiger partial charge is 0.493 e. The van der Waals surface area contributed by atoms with E-state index < -0.39 is 5.97 Å². The van der Waals surface area contributed by atoms with Gasteiger partial charge in [-0.05, 0) is 41.1 Å². The fourth-order valence-electron chi connectivity index (χ4n) is 2.60. The smallest absolute Gasteiger partial charge is 0.337 e. The van der Waals surface area contributed by atoms with E-state index >= 15 is 0 Å². The number of benzene rings is 2. The van der Waals surface area contributed by atoms with Crippen molar-refractivity contribution in [2.45, 2.75) is 6.54 Å². The summed E-state index contributed by atoms with van der Waals surface area (Å²) in [4.78, 5) is 30.3. The van der Waals surface area contributed by atoms with Crippen molar-refractivity contribution in [3.8, 4) is 11.5 Å². The second-order valence-corrected chi connectivity index (χ2v) is 5.90. The minimum absolute atomic E-state index is 0.284. The first-order valence-corrected chi connectivity index (χ1v) is 8.60. The van der Waals surface area contributed by atoms with Gasteiger partial charge < -0.3 is 24.4 Å². The van der Waals surface area contributed by atoms with Gasteiger partial charge in [0.1, 0.15) is 11.0 Å². The molecule has 0 aliphatic heterocycles. The average molecular weight is 400 g/mol. The Morgan fingerprint density at radius 3 is 2.55 bits per heavy atom. The number of aromatic nitrogens is 3. The van der Waals surface area contributed by atoms with Crippen LogP contribution < -0.4 is 19.6 Å². The van der Waals surface area contributed by atoms with E-state index in [1.54, 1.807) is 38.5 Å². The number of nitrogens with zero attached hydrogens (tertiary/aromatic N) is 3. The van der Waals surface area contributed by atoms with Crippen molar-refractivity contribution in [2.75, 3.05) is 27.9 Å². The maximum atomic E-state index is 12.1. The summed E-state index contributed by atoms with van der Waals surface area (Å²) in [5, 5.41) is 10.5. The van der Waals surface area contributed by atoms with Crippen LogP contribution >= 0.6 is 0 Å². The number of fused-ring (bicyclic) bond motifs is 1. The molecule has 1 N–H and O–H groups in total. The summed E-state index contributed by atoms with van der Waals surface area (Å²) in [5.41, 5.74) is 2.12. The lowest BCUT2D eigenvalue weighted by atomic mass is 10.2. The average Bonchev–Trinajstić information content (AvgIpc) is 3.17. The highest BCUT2D eigenvalue weighted by molar-refractivity contribution is 5.93. The van der Waals surface area contributed by atoms with Crippen LogP contribution in [0.2, 0.25) is 0 Å². The van der Waals surface area contributed by atoms with Gasteiger partial charge >= 0.3 is 5.97 Å². The molecule has 0 atom stereocenters. The normalized spacial score (nSPS) is 10.4. The number of rotatable bonds is 8. The minimum Gasteiger partial charge on any atom is -0.493 e. The maximum Gasteiger partial charge on any atom is 0.337 e. The maximum absolute atomic E-state index is 12.1. The van der Waals surface area contributed by atoms with E-state index in [-0.39, 0.29) is 19.1 Å². The molecule has 152 valence electrons. The molecule has 1 amide bonds. The Morgan fingerprint density at radius 1 is 1.03 bits per heavy atom. The van der Waals surface area contributed by atoms with E-state index in [2.05, 4.69) is 15.6 Å². The van der Waals surface area contributed by atoms with Crippen molar-refractivity contribution < 1.29 is 28.6 Å². The number of hydrogen-bond donors (Lipinski definition) is 1. The van der Waals surface area contributed by atoms with Crippen molar-refractivity contribution in [3.05, 3.63) is 47.5 Å². The van der Waals surface area contributed by atoms with Crippen LogP contribution in [0.5, 0.6) is 11.5 Å². The fourth-order valence-corrected chi connectivity index (χ4v) is 2.60. The Labute approximate surface area is 166 Å². The van der Waals surface area contributed by atoms with Crippen LogP contribution in [-0.2, 0) is 16.1 Å². The predicted molar refractivity (Wildman–Crippen MR) is 102 cm³/mol. The molecular weight excluding hydrogens is 380 g/mol. The third-order valence-corrected chi connectivity index (χ3v) is 4.09. The Kier molecular flexibility index (Phi) is 6.12. The monoisotopic (exact) mass is 400 g/mol. The summed E-state index contributed by atoms with van der Waals surface area (Å²) < 4.78 is 15.1. The third kappa shape index (κ3) is 4.54. The number of carbonyl (C=O) groups excluding carboxylic acids is 2. The molecule has 3 rings (SSSR count). The van der Waals surface area contributed by atoms with Gasteiger partial charge in [-0.15, -0.1) is 5.10 Å². The van der Waals surface area contributed by atoms with E-state index in [1.165, 1.54) is 13.2 Å². The lowest BCUT2D eigenvalue weighted by Crippen LogP contribution is -2.31. The van der Waals surface area contributed by atoms with Crippen molar-refractivity contribution in [1.82, 2.24) is 20.5 Å². The first kappa shape index (κ1) is 19.9. The van der Waals surface area contributed by atoms with Crippen LogP contribution in [0.4, 0.5) is 0 Å². The van der Waals surface area contributed by atoms with Gasteiger partial charge in [0.05, 0.1) is 26.9 Å². The molecule has 1 heterocycles. The summed E-state index contributed by atoms with van der Waals surface area (Å²) in [6.07, 6.45) is 0. The van der Waals surface area contributed by atoms with Crippen LogP contribution in [0.1, 0.15) is 15.9 Å². The highest BCUT2D eigenvalue weighted by Gasteiger charge is 2.13. The Hall–Kier alpha value is -3.82. The number of hydrogen-bond acceptors (Lipinski definition) is 8. The minimum atomic E-state index is -0.493. The molecule has 0 fully saturated rings. The molecule has 0 saturated heterocycles. The summed E-state index contributed by atoms with van der Waals surface area (Å²) >= 11 is 0. The van der Waals surface area contributed by atoms with E-state index in [1.807, 2.05) is 6.07 Å². The van der Waals surface area contributed by atoms with Crippen molar-refractivity contribution >= 4 is 22.9 Å². The summed E-state index contributed by atoms with van der Waals surface area (Å²) in [6.45, 7) is 0.00133. The van der Waals surface area contributed by atoms with E-state index in [9.17, 15) is 9.59 Å². The molecule has 0 spiro atoms. The standard InChI is InChI=1S/C19H20N4O6/c1-26-16-7-4-12(8-17(16)27-2)10-20-18(24)11-29-23-15-9-13(19(25)28-3)5-6-14(15)21-22-23/h4-9H,10-11H2,1-3H3,(H,20,24). The third-order valence-electron chi connectivity index (χ3n) is 4.09. The Bertz CT molecular complexity index is 1030. The quantitative estimate of drug-likeness (QED) is 0.557. The van der Waals surface area contributed by atoms with Crippen molar-refractivity contribution in [3.63, 3.8) is 0 Å². The van der Waals surface area contributed by atoms with E-state index in [0.717, 1.165) is 10.4 Å². The molecule has 2 aromatic carbocycles. The first-order chi connectivity index (χ1) is 14.0. The van der Waals surface area contributed by atoms with Gasteiger partial charge in [-0.3, -0.25) is 4.79 Å². The molecule has 0 aliphatic carbocycles. The molecule has 10 heteroatoms. The number of methoxy groups -OCH3 is 3. The van der Waals surface area contributed by atoms with Crippen molar-refractivity contribution in [1.29, 1.82) is 0 Å². The van der Waals surface area contributed by atoms with Gasteiger partial charge in [-0.2, -0.15) is 0 Å². The number of ether oxygens (including phenoxy) is 3. The first-order valence-electron chi connectivity index (χ1n) is 8.60. The van der Waals surface area contributed by atoms with E-state index in [0.29, 0.717) is 28.1 Å². The zero-order valence-electron chi connectivity index (χ0n) is 16.2. The second-order valence-electron chi connectivity index (χ2n) is 5.90. The number of amides is 1. The molecule has 0 saturated carbocycles. The van der Waals surface area contributed by atoms with Crippen LogP contribution in [0.25, 0.3) is 11.0 Å². The lowest BCUT2D eigenvalue weighted by Gasteiger charge is -2.10. The van der Waals surface area contributed by atoms with Gasteiger partial charge in [-0.1, -0.05) is 10.9 Å². The summed E-state index contributed by atoms with van der Waals surface area (Å²) in [6, 6.07) is 10.1. The molecule has 0 unspecified atom stereocenters. The highest BCUT2D eigenvalue weighted by atomic mass is 16.7. The van der Waals surface area contributed by atoms with Gasteiger partial charge in [0.25, 0.3) is 5.91 Å². The predicted octanol–water partition coefficient (Wildman–Crippen LogP) is 0.980. The Balaban J connectivity index is 1.60. The zero-order chi connectivity index (χ0) is 20.8. The van der Waals surface area contributed by atoms with Gasteiger partial charge in [-0.25, -0.2) is 4.79 Å². The number of esters is 1. The van der Waals surface area contributed by atoms with Crippen molar-refractivity contribution in [2.24, 2.45) is 0 Å². The molecular formula is C19H20N4O6. The van der Waals surface area contributed by atoms with Gasteiger partial charge in [0, 0.05) is 6.54 Å². The van der Waals surface area contributed by atoms with Gasteiger partial charge in [0.15, 0.2) is 18.1 Å². The molecule has 0 bridgehead atoms. The SMILES string of the molecule is COC(=O)c1ccc2nnn(OCC(=O)NCc3ccc(OC)c(OC)c3)c2c1. The van der Waals surface area contributed by atoms with Crippen LogP contribution in [0.15, 0.2) is 36.4 Å². The molecule has 1 aromatic heterocycles. The zero-order valence-corrected chi connectivity index (χ0v) is 16.2. The second kappa shape index (κ2) is 8.91. The van der Waals surface area contributed by atoms with Crippen LogP contribution in [0.3, 0.4) is 0 Å². The molecule has 10 nitrogen and oxygen atoms in total. The number of carbonyl (C=O) groups is 2. The lowest BCUT2D eigenvalue weighted by molar-refractivity contribution is -0.126.